The molecular formula is C11H15BrS. The van der Waals surface area contributed by atoms with Crippen LogP contribution < -0.4 is 0 Å². The molecule has 13 heavy (non-hydrogen) atoms. The van der Waals surface area contributed by atoms with Crippen LogP contribution in [0.25, 0.3) is 0 Å². The van der Waals surface area contributed by atoms with E-state index in [-0.39, 0.29) is 0 Å². The lowest BCUT2D eigenvalue weighted by Gasteiger charge is -2.07. The van der Waals surface area contributed by atoms with Crippen LogP contribution in [-0.2, 0) is 6.42 Å². The SMILES string of the molecule is Cc1cc(Br)c(CCCS)cc1C. The van der Waals surface area contributed by atoms with E-state index < -0.39 is 0 Å². The van der Waals surface area contributed by atoms with Gasteiger partial charge < -0.3 is 0 Å². The summed E-state index contributed by atoms with van der Waals surface area (Å²) in [5.74, 6) is 0.958. The van der Waals surface area contributed by atoms with Gasteiger partial charge in [0.15, 0.2) is 0 Å². The molecule has 0 aromatic heterocycles. The number of aryl methyl sites for hydroxylation is 3. The lowest BCUT2D eigenvalue weighted by atomic mass is 10.0. The van der Waals surface area contributed by atoms with Crippen LogP contribution in [0.4, 0.5) is 0 Å². The van der Waals surface area contributed by atoms with E-state index in [4.69, 9.17) is 0 Å². The fourth-order valence-electron chi connectivity index (χ4n) is 1.30. The molecule has 2 heteroatoms. The molecule has 0 bridgehead atoms. The van der Waals surface area contributed by atoms with Crippen molar-refractivity contribution in [1.29, 1.82) is 0 Å². The molecule has 0 spiro atoms. The molecule has 0 nitrogen and oxygen atoms in total. The summed E-state index contributed by atoms with van der Waals surface area (Å²) in [7, 11) is 0. The average molecular weight is 259 g/mol. The van der Waals surface area contributed by atoms with Crippen molar-refractivity contribution >= 4 is 28.6 Å². The van der Waals surface area contributed by atoms with Crippen LogP contribution in [0.15, 0.2) is 16.6 Å². The highest BCUT2D eigenvalue weighted by atomic mass is 79.9. The van der Waals surface area contributed by atoms with Gasteiger partial charge in [0.2, 0.25) is 0 Å². The third-order valence-corrected chi connectivity index (χ3v) is 3.32. The fourth-order valence-corrected chi connectivity index (χ4v) is 2.12. The molecule has 0 aliphatic carbocycles. The Labute approximate surface area is 94.3 Å². The first-order valence-electron chi connectivity index (χ1n) is 4.51. The van der Waals surface area contributed by atoms with Crippen molar-refractivity contribution in [2.45, 2.75) is 26.7 Å². The molecule has 72 valence electrons. The normalized spacial score (nSPS) is 10.5. The Bertz CT molecular complexity index is 294. The average Bonchev–Trinajstić information content (AvgIpc) is 2.09. The van der Waals surface area contributed by atoms with E-state index >= 15 is 0 Å². The van der Waals surface area contributed by atoms with Gasteiger partial charge in [-0.15, -0.1) is 0 Å². The highest BCUT2D eigenvalue weighted by molar-refractivity contribution is 9.10. The van der Waals surface area contributed by atoms with E-state index in [1.807, 2.05) is 0 Å². The maximum absolute atomic E-state index is 4.22. The molecule has 0 amide bonds. The topological polar surface area (TPSA) is 0 Å². The van der Waals surface area contributed by atoms with E-state index in [2.05, 4.69) is 54.5 Å². The van der Waals surface area contributed by atoms with Gasteiger partial charge in [0, 0.05) is 4.47 Å². The molecule has 0 aliphatic heterocycles. The smallest absolute Gasteiger partial charge is 0.0210 e. The second-order valence-corrected chi connectivity index (χ2v) is 4.66. The minimum atomic E-state index is 0.958. The fraction of sp³-hybridized carbons (Fsp3) is 0.455. The Morgan fingerprint density at radius 3 is 2.46 bits per heavy atom. The van der Waals surface area contributed by atoms with Crippen LogP contribution in [0, 0.1) is 13.8 Å². The summed E-state index contributed by atoms with van der Waals surface area (Å²) in [5, 5.41) is 0. The van der Waals surface area contributed by atoms with Crippen LogP contribution in [0.5, 0.6) is 0 Å². The Morgan fingerprint density at radius 2 is 1.85 bits per heavy atom. The summed E-state index contributed by atoms with van der Waals surface area (Å²) in [4.78, 5) is 0. The summed E-state index contributed by atoms with van der Waals surface area (Å²) in [5.41, 5.74) is 4.12. The first-order valence-corrected chi connectivity index (χ1v) is 5.94. The standard InChI is InChI=1S/C11H15BrS/c1-8-6-10(4-3-5-13)11(12)7-9(8)2/h6-7,13H,3-5H2,1-2H3. The van der Waals surface area contributed by atoms with E-state index in [0.29, 0.717) is 0 Å². The minimum Gasteiger partial charge on any atom is -0.179 e. The van der Waals surface area contributed by atoms with E-state index in [1.54, 1.807) is 0 Å². The third-order valence-electron chi connectivity index (χ3n) is 2.27. The zero-order chi connectivity index (χ0) is 9.84. The minimum absolute atomic E-state index is 0.958. The van der Waals surface area contributed by atoms with Gasteiger partial charge in [-0.25, -0.2) is 0 Å². The summed E-state index contributed by atoms with van der Waals surface area (Å²) in [6.45, 7) is 4.30. The zero-order valence-electron chi connectivity index (χ0n) is 8.10. The van der Waals surface area contributed by atoms with Crippen molar-refractivity contribution in [2.24, 2.45) is 0 Å². The molecule has 0 atom stereocenters. The predicted octanol–water partition coefficient (Wildman–Crippen LogP) is 3.93. The number of hydrogen-bond acceptors (Lipinski definition) is 1. The van der Waals surface area contributed by atoms with Crippen molar-refractivity contribution in [1.82, 2.24) is 0 Å². The van der Waals surface area contributed by atoms with Crippen LogP contribution in [0.2, 0.25) is 0 Å². The van der Waals surface area contributed by atoms with Gasteiger partial charge in [-0.2, -0.15) is 12.6 Å². The molecular weight excluding hydrogens is 244 g/mol. The number of halogens is 1. The molecule has 0 saturated carbocycles. The third kappa shape index (κ3) is 3.03. The monoisotopic (exact) mass is 258 g/mol. The van der Waals surface area contributed by atoms with E-state index in [0.717, 1.165) is 18.6 Å². The highest BCUT2D eigenvalue weighted by Gasteiger charge is 2.02. The van der Waals surface area contributed by atoms with Gasteiger partial charge in [0.1, 0.15) is 0 Å². The molecule has 0 aliphatic rings. The van der Waals surface area contributed by atoms with Gasteiger partial charge >= 0.3 is 0 Å². The molecule has 0 radical (unpaired) electrons. The zero-order valence-corrected chi connectivity index (χ0v) is 10.6. The maximum atomic E-state index is 4.22. The van der Waals surface area contributed by atoms with Crippen molar-refractivity contribution in [3.63, 3.8) is 0 Å². The second-order valence-electron chi connectivity index (χ2n) is 3.36. The van der Waals surface area contributed by atoms with Gasteiger partial charge in [-0.3, -0.25) is 0 Å². The number of benzene rings is 1. The molecule has 0 saturated heterocycles. The molecule has 1 aromatic carbocycles. The highest BCUT2D eigenvalue weighted by Crippen LogP contribution is 2.22. The second kappa shape index (κ2) is 5.06. The largest absolute Gasteiger partial charge is 0.179 e. The number of rotatable bonds is 3. The van der Waals surface area contributed by atoms with Crippen molar-refractivity contribution in [3.8, 4) is 0 Å². The Balaban J connectivity index is 2.88. The first-order chi connectivity index (χ1) is 6.15. The molecule has 0 heterocycles. The summed E-state index contributed by atoms with van der Waals surface area (Å²) >= 11 is 7.80. The van der Waals surface area contributed by atoms with Crippen molar-refractivity contribution in [2.75, 3.05) is 5.75 Å². The van der Waals surface area contributed by atoms with Crippen LogP contribution in [-0.4, -0.2) is 5.75 Å². The Morgan fingerprint density at radius 1 is 1.23 bits per heavy atom. The van der Waals surface area contributed by atoms with Gasteiger partial charge in [0.05, 0.1) is 0 Å². The predicted molar refractivity (Wildman–Crippen MR) is 65.8 cm³/mol. The maximum Gasteiger partial charge on any atom is 0.0210 e. The van der Waals surface area contributed by atoms with Gasteiger partial charge in [-0.1, -0.05) is 22.0 Å². The van der Waals surface area contributed by atoms with Crippen molar-refractivity contribution < 1.29 is 0 Å². The quantitative estimate of drug-likeness (QED) is 0.781. The summed E-state index contributed by atoms with van der Waals surface area (Å²) < 4.78 is 1.23. The summed E-state index contributed by atoms with van der Waals surface area (Å²) in [6, 6.07) is 4.46. The number of hydrogen-bond donors (Lipinski definition) is 1. The lowest BCUT2D eigenvalue weighted by molar-refractivity contribution is 0.927. The van der Waals surface area contributed by atoms with E-state index in [9.17, 15) is 0 Å². The van der Waals surface area contributed by atoms with Gasteiger partial charge in [-0.05, 0) is 55.2 Å². The Kier molecular flexibility index (Phi) is 4.33. The Hall–Kier alpha value is 0.0500. The molecule has 1 rings (SSSR count). The van der Waals surface area contributed by atoms with Crippen LogP contribution in [0.1, 0.15) is 23.1 Å². The molecule has 1 aromatic rings. The molecule has 0 fully saturated rings. The molecule has 0 N–H and O–H groups in total. The molecule has 0 unspecified atom stereocenters. The lowest BCUT2D eigenvalue weighted by Crippen LogP contribution is -1.91. The van der Waals surface area contributed by atoms with E-state index in [1.165, 1.54) is 21.2 Å². The van der Waals surface area contributed by atoms with Crippen LogP contribution in [0.3, 0.4) is 0 Å². The number of thiol groups is 1. The van der Waals surface area contributed by atoms with Gasteiger partial charge in [0.25, 0.3) is 0 Å². The van der Waals surface area contributed by atoms with Crippen LogP contribution >= 0.6 is 28.6 Å². The first kappa shape index (κ1) is 11.1. The summed E-state index contributed by atoms with van der Waals surface area (Å²) in [6.07, 6.45) is 2.26. The van der Waals surface area contributed by atoms with Crippen molar-refractivity contribution in [3.05, 3.63) is 33.3 Å².